The highest BCUT2D eigenvalue weighted by atomic mass is 35.5. The summed E-state index contributed by atoms with van der Waals surface area (Å²) in [5, 5.41) is 7.54. The van der Waals surface area contributed by atoms with E-state index >= 15 is 0 Å². The molecular weight excluding hydrogens is 330 g/mol. The average Bonchev–Trinajstić information content (AvgIpc) is 3.15. The van der Waals surface area contributed by atoms with Gasteiger partial charge in [-0.1, -0.05) is 0 Å². The number of halogens is 1. The fourth-order valence-electron chi connectivity index (χ4n) is 3.69. The lowest BCUT2D eigenvalue weighted by Crippen LogP contribution is -2.42. The predicted octanol–water partition coefficient (Wildman–Crippen LogP) is 1.77. The number of fused-ring (bicyclic) bond motifs is 2. The molecule has 2 aromatic heterocycles. The highest BCUT2D eigenvalue weighted by Crippen LogP contribution is 2.31. The molecule has 0 saturated carbocycles. The quantitative estimate of drug-likeness (QED) is 0.892. The number of carbonyl (C=O) groups excluding carboxylic acids is 1. The highest BCUT2D eigenvalue weighted by molar-refractivity contribution is 5.94. The van der Waals surface area contributed by atoms with Gasteiger partial charge in [-0.25, -0.2) is 4.98 Å². The summed E-state index contributed by atoms with van der Waals surface area (Å²) in [5.41, 5.74) is 1.22. The van der Waals surface area contributed by atoms with Crippen molar-refractivity contribution in [2.24, 2.45) is 7.05 Å². The number of nitrogens with zero attached hydrogens (tertiary/aromatic N) is 4. The maximum Gasteiger partial charge on any atom is 0.276 e. The smallest absolute Gasteiger partial charge is 0.276 e. The molecule has 0 aliphatic carbocycles. The van der Waals surface area contributed by atoms with Crippen molar-refractivity contribution in [3.63, 3.8) is 0 Å². The average molecular weight is 352 g/mol. The third-order valence-electron chi connectivity index (χ3n) is 4.84. The minimum atomic E-state index is -0.00223. The molecule has 2 bridgehead atoms. The van der Waals surface area contributed by atoms with Gasteiger partial charge in [0.05, 0.1) is 11.8 Å². The molecule has 4 rings (SSSR count). The summed E-state index contributed by atoms with van der Waals surface area (Å²) >= 11 is 0. The molecule has 0 spiro atoms. The monoisotopic (exact) mass is 351 g/mol. The molecular formula is C16H22ClN5O2. The van der Waals surface area contributed by atoms with Crippen molar-refractivity contribution in [3.05, 3.63) is 23.8 Å². The summed E-state index contributed by atoms with van der Waals surface area (Å²) in [6.07, 6.45) is 6.69. The van der Waals surface area contributed by atoms with Crippen LogP contribution in [-0.4, -0.2) is 50.7 Å². The van der Waals surface area contributed by atoms with Crippen LogP contribution in [0.1, 0.15) is 35.5 Å². The number of aryl methyl sites for hydroxylation is 2. The van der Waals surface area contributed by atoms with Gasteiger partial charge in [0, 0.05) is 31.9 Å². The van der Waals surface area contributed by atoms with Crippen LogP contribution in [0.4, 0.5) is 0 Å². The first-order valence-electron chi connectivity index (χ1n) is 8.13. The van der Waals surface area contributed by atoms with Crippen molar-refractivity contribution in [2.75, 3.05) is 13.1 Å². The van der Waals surface area contributed by atoms with E-state index in [1.165, 1.54) is 0 Å². The van der Waals surface area contributed by atoms with Gasteiger partial charge in [-0.05, 0) is 32.7 Å². The number of oxazole rings is 1. The van der Waals surface area contributed by atoms with Gasteiger partial charge >= 0.3 is 0 Å². The number of rotatable bonds is 2. The first-order chi connectivity index (χ1) is 11.1. The topological polar surface area (TPSA) is 76.2 Å². The van der Waals surface area contributed by atoms with Crippen LogP contribution >= 0.6 is 12.4 Å². The van der Waals surface area contributed by atoms with Gasteiger partial charge in [0.25, 0.3) is 5.91 Å². The van der Waals surface area contributed by atoms with Crippen molar-refractivity contribution in [3.8, 4) is 11.5 Å². The minimum Gasteiger partial charge on any atom is -0.440 e. The van der Waals surface area contributed by atoms with E-state index in [0.29, 0.717) is 23.4 Å². The molecule has 0 radical (unpaired) electrons. The zero-order chi connectivity index (χ0) is 16.0. The lowest BCUT2D eigenvalue weighted by Gasteiger charge is -2.27. The SMILES string of the molecule is Cc1oc(-c2cnn(C)c2)nc1C(=O)N1C2CCNCC1CC2.Cl. The fraction of sp³-hybridized carbons (Fsp3) is 0.562. The molecule has 2 aromatic rings. The zero-order valence-electron chi connectivity index (χ0n) is 13.9. The van der Waals surface area contributed by atoms with Crippen LogP contribution in [0.2, 0.25) is 0 Å². The van der Waals surface area contributed by atoms with E-state index < -0.39 is 0 Å². The fourth-order valence-corrected chi connectivity index (χ4v) is 3.69. The molecule has 2 atom stereocenters. The molecule has 1 N–H and O–H groups in total. The molecule has 1 amide bonds. The van der Waals surface area contributed by atoms with Gasteiger partial charge in [-0.3, -0.25) is 9.48 Å². The Morgan fingerprint density at radius 2 is 2.12 bits per heavy atom. The van der Waals surface area contributed by atoms with Crippen molar-refractivity contribution in [1.82, 2.24) is 25.0 Å². The lowest BCUT2D eigenvalue weighted by atomic mass is 10.1. The summed E-state index contributed by atoms with van der Waals surface area (Å²) in [6.45, 7) is 3.65. The molecule has 8 heteroatoms. The zero-order valence-corrected chi connectivity index (χ0v) is 14.7. The van der Waals surface area contributed by atoms with E-state index in [-0.39, 0.29) is 24.4 Å². The molecule has 2 aliphatic heterocycles. The van der Waals surface area contributed by atoms with Gasteiger partial charge in [-0.2, -0.15) is 5.10 Å². The Morgan fingerprint density at radius 1 is 1.33 bits per heavy atom. The number of amides is 1. The van der Waals surface area contributed by atoms with Crippen molar-refractivity contribution in [2.45, 2.75) is 38.3 Å². The van der Waals surface area contributed by atoms with Gasteiger partial charge < -0.3 is 14.6 Å². The van der Waals surface area contributed by atoms with Gasteiger partial charge in [0.2, 0.25) is 5.89 Å². The standard InChI is InChI=1S/C16H21N5O2.ClH/c1-10-14(19-15(23-10)11-7-18-20(2)9-11)16(22)21-12-3-4-13(21)8-17-6-5-12;/h7,9,12-13,17H,3-6,8H2,1-2H3;1H. The normalized spacial score (nSPS) is 23.0. The molecule has 2 aliphatic rings. The number of nitrogens with one attached hydrogen (secondary N) is 1. The summed E-state index contributed by atoms with van der Waals surface area (Å²) in [5.74, 6) is 1.03. The van der Waals surface area contributed by atoms with Crippen molar-refractivity contribution < 1.29 is 9.21 Å². The number of hydrogen-bond donors (Lipinski definition) is 1. The summed E-state index contributed by atoms with van der Waals surface area (Å²) in [6, 6.07) is 0.591. The summed E-state index contributed by atoms with van der Waals surface area (Å²) in [4.78, 5) is 19.5. The van der Waals surface area contributed by atoms with E-state index in [9.17, 15) is 4.79 Å². The Bertz CT molecular complexity index is 727. The van der Waals surface area contributed by atoms with E-state index in [1.54, 1.807) is 17.8 Å². The molecule has 2 fully saturated rings. The molecule has 24 heavy (non-hydrogen) atoms. The van der Waals surface area contributed by atoms with Crippen LogP contribution in [0.5, 0.6) is 0 Å². The van der Waals surface area contributed by atoms with E-state index in [2.05, 4.69) is 15.4 Å². The van der Waals surface area contributed by atoms with Crippen LogP contribution in [0.25, 0.3) is 11.5 Å². The van der Waals surface area contributed by atoms with Crippen LogP contribution in [0.15, 0.2) is 16.8 Å². The van der Waals surface area contributed by atoms with E-state index in [1.807, 2.05) is 18.1 Å². The van der Waals surface area contributed by atoms with Crippen LogP contribution < -0.4 is 5.32 Å². The maximum atomic E-state index is 13.0. The largest absolute Gasteiger partial charge is 0.440 e. The van der Waals surface area contributed by atoms with Crippen LogP contribution in [-0.2, 0) is 7.05 Å². The number of hydrogen-bond acceptors (Lipinski definition) is 5. The minimum absolute atomic E-state index is 0. The Labute approximate surface area is 146 Å². The predicted molar refractivity (Wildman–Crippen MR) is 91.2 cm³/mol. The lowest BCUT2D eigenvalue weighted by molar-refractivity contribution is 0.0673. The van der Waals surface area contributed by atoms with Crippen LogP contribution in [0.3, 0.4) is 0 Å². The second-order valence-electron chi connectivity index (χ2n) is 6.42. The number of carbonyl (C=O) groups is 1. The van der Waals surface area contributed by atoms with Gasteiger partial charge in [0.15, 0.2) is 5.69 Å². The highest BCUT2D eigenvalue weighted by Gasteiger charge is 2.40. The Hall–Kier alpha value is -1.86. The van der Waals surface area contributed by atoms with Crippen molar-refractivity contribution >= 4 is 18.3 Å². The first-order valence-corrected chi connectivity index (χ1v) is 8.13. The maximum absolute atomic E-state index is 13.0. The first kappa shape index (κ1) is 17.0. The van der Waals surface area contributed by atoms with Gasteiger partial charge in [0.1, 0.15) is 5.76 Å². The Kier molecular flexibility index (Phi) is 4.64. The number of aromatic nitrogens is 3. The summed E-state index contributed by atoms with van der Waals surface area (Å²) < 4.78 is 7.41. The molecule has 2 saturated heterocycles. The van der Waals surface area contributed by atoms with Crippen LogP contribution in [0, 0.1) is 6.92 Å². The summed E-state index contributed by atoms with van der Waals surface area (Å²) in [7, 11) is 1.84. The second kappa shape index (κ2) is 6.57. The molecule has 130 valence electrons. The Morgan fingerprint density at radius 3 is 2.88 bits per heavy atom. The van der Waals surface area contributed by atoms with E-state index in [0.717, 1.165) is 37.9 Å². The molecule has 4 heterocycles. The molecule has 2 unspecified atom stereocenters. The van der Waals surface area contributed by atoms with Crippen molar-refractivity contribution in [1.29, 1.82) is 0 Å². The third-order valence-corrected chi connectivity index (χ3v) is 4.84. The molecule has 7 nitrogen and oxygen atoms in total. The third kappa shape index (κ3) is 2.82. The van der Waals surface area contributed by atoms with Gasteiger partial charge in [-0.15, -0.1) is 12.4 Å². The van der Waals surface area contributed by atoms with E-state index in [4.69, 9.17) is 4.42 Å². The Balaban J connectivity index is 0.00000169. The second-order valence-corrected chi connectivity index (χ2v) is 6.42. The molecule has 0 aromatic carbocycles.